The lowest BCUT2D eigenvalue weighted by molar-refractivity contribution is -0.137. The molecule has 2 aromatic heterocycles. The topological polar surface area (TPSA) is 17.3 Å². The van der Waals surface area contributed by atoms with E-state index in [2.05, 4.69) is 4.98 Å². The summed E-state index contributed by atoms with van der Waals surface area (Å²) in [5.74, 6) is 0.552. The van der Waals surface area contributed by atoms with Gasteiger partial charge in [0.05, 0.1) is 22.3 Å². The Kier molecular flexibility index (Phi) is 2.94. The molecule has 2 nitrogen and oxygen atoms in total. The first-order valence-corrected chi connectivity index (χ1v) is 6.13. The Morgan fingerprint density at radius 3 is 2.35 bits per heavy atom. The number of hydrogen-bond acceptors (Lipinski definition) is 1. The predicted molar refractivity (Wildman–Crippen MR) is 70.6 cm³/mol. The third-order valence-corrected chi connectivity index (χ3v) is 3.19. The minimum Gasteiger partial charge on any atom is -0.298 e. The summed E-state index contributed by atoms with van der Waals surface area (Å²) >= 11 is 5.92. The number of halogens is 4. The van der Waals surface area contributed by atoms with Crippen LogP contribution in [0.15, 0.2) is 48.8 Å². The second-order valence-electron chi connectivity index (χ2n) is 4.30. The Morgan fingerprint density at radius 1 is 1.00 bits per heavy atom. The monoisotopic (exact) mass is 296 g/mol. The van der Waals surface area contributed by atoms with Gasteiger partial charge in [-0.2, -0.15) is 13.2 Å². The fourth-order valence-electron chi connectivity index (χ4n) is 1.99. The van der Waals surface area contributed by atoms with Crippen molar-refractivity contribution in [2.75, 3.05) is 0 Å². The van der Waals surface area contributed by atoms with E-state index in [1.807, 2.05) is 0 Å². The molecule has 0 spiro atoms. The number of nitrogens with zero attached hydrogens (tertiary/aromatic N) is 2. The molecule has 102 valence electrons. The highest BCUT2D eigenvalue weighted by atomic mass is 35.5. The highest BCUT2D eigenvalue weighted by Gasteiger charge is 2.30. The summed E-state index contributed by atoms with van der Waals surface area (Å²) < 4.78 is 39.3. The van der Waals surface area contributed by atoms with Crippen LogP contribution in [0.4, 0.5) is 13.2 Å². The van der Waals surface area contributed by atoms with Gasteiger partial charge in [0, 0.05) is 11.8 Å². The number of hydrogen-bond donors (Lipinski definition) is 0. The van der Waals surface area contributed by atoms with E-state index in [9.17, 15) is 13.2 Å². The van der Waals surface area contributed by atoms with Crippen LogP contribution in [0.25, 0.3) is 16.9 Å². The van der Waals surface area contributed by atoms with Gasteiger partial charge in [0.1, 0.15) is 5.82 Å². The molecule has 6 heteroatoms. The van der Waals surface area contributed by atoms with Gasteiger partial charge in [-0.1, -0.05) is 23.7 Å². The first-order chi connectivity index (χ1) is 9.45. The molecule has 0 saturated carbocycles. The van der Waals surface area contributed by atoms with Gasteiger partial charge in [0.2, 0.25) is 0 Å². The van der Waals surface area contributed by atoms with Crippen molar-refractivity contribution >= 4 is 17.1 Å². The minimum atomic E-state index is -4.34. The van der Waals surface area contributed by atoms with E-state index in [0.717, 1.165) is 17.6 Å². The molecule has 0 saturated heterocycles. The lowest BCUT2D eigenvalue weighted by Gasteiger charge is -2.07. The maximum atomic E-state index is 12.5. The van der Waals surface area contributed by atoms with Crippen LogP contribution >= 0.6 is 11.6 Å². The molecule has 0 aliphatic rings. The first kappa shape index (κ1) is 13.0. The molecule has 0 amide bonds. The summed E-state index contributed by atoms with van der Waals surface area (Å²) in [4.78, 5) is 4.22. The van der Waals surface area contributed by atoms with Crippen molar-refractivity contribution in [3.63, 3.8) is 0 Å². The lowest BCUT2D eigenvalue weighted by atomic mass is 10.1. The predicted octanol–water partition coefficient (Wildman–Crippen LogP) is 4.67. The highest BCUT2D eigenvalue weighted by molar-refractivity contribution is 6.30. The van der Waals surface area contributed by atoms with Crippen molar-refractivity contribution in [1.82, 2.24) is 9.38 Å². The quantitative estimate of drug-likeness (QED) is 0.637. The Bertz CT molecular complexity index is 760. The zero-order chi connectivity index (χ0) is 14.3. The van der Waals surface area contributed by atoms with Crippen LogP contribution in [0.5, 0.6) is 0 Å². The molecule has 20 heavy (non-hydrogen) atoms. The van der Waals surface area contributed by atoms with Gasteiger partial charge in [0.25, 0.3) is 0 Å². The fourth-order valence-corrected chi connectivity index (χ4v) is 2.15. The van der Waals surface area contributed by atoms with Crippen molar-refractivity contribution < 1.29 is 13.2 Å². The van der Waals surface area contributed by atoms with Gasteiger partial charge in [-0.15, -0.1) is 0 Å². The molecule has 0 atom stereocenters. The van der Waals surface area contributed by atoms with Crippen molar-refractivity contribution in [3.8, 4) is 11.4 Å². The molecule has 0 unspecified atom stereocenters. The van der Waals surface area contributed by atoms with Gasteiger partial charge in [-0.25, -0.2) is 4.98 Å². The molecular weight excluding hydrogens is 289 g/mol. The third kappa shape index (κ3) is 2.25. The normalized spacial score (nSPS) is 12.0. The largest absolute Gasteiger partial charge is 0.416 e. The molecule has 0 N–H and O–H groups in total. The highest BCUT2D eigenvalue weighted by Crippen LogP contribution is 2.31. The number of aromatic nitrogens is 2. The molecule has 0 radical (unpaired) electrons. The van der Waals surface area contributed by atoms with Crippen LogP contribution in [0.3, 0.4) is 0 Å². The number of imidazole rings is 1. The first-order valence-electron chi connectivity index (χ1n) is 5.75. The fraction of sp³-hybridized carbons (Fsp3) is 0.0714. The second kappa shape index (κ2) is 4.52. The van der Waals surface area contributed by atoms with E-state index in [4.69, 9.17) is 11.6 Å². The maximum absolute atomic E-state index is 12.5. The van der Waals surface area contributed by atoms with E-state index in [0.29, 0.717) is 16.4 Å². The number of rotatable bonds is 1. The van der Waals surface area contributed by atoms with Crippen LogP contribution in [0, 0.1) is 0 Å². The SMILES string of the molecule is FC(F)(F)c1ccc(-c2ncc3ccc(Cl)cn23)cc1. The van der Waals surface area contributed by atoms with Gasteiger partial charge >= 0.3 is 6.18 Å². The maximum Gasteiger partial charge on any atom is 0.416 e. The van der Waals surface area contributed by atoms with Crippen LogP contribution < -0.4 is 0 Å². The minimum absolute atomic E-state index is 0.531. The Labute approximate surface area is 117 Å². The van der Waals surface area contributed by atoms with Crippen molar-refractivity contribution in [3.05, 3.63) is 59.4 Å². The number of alkyl halides is 3. The van der Waals surface area contributed by atoms with E-state index in [1.165, 1.54) is 12.1 Å². The summed E-state index contributed by atoms with van der Waals surface area (Å²) in [6.07, 6.45) is -1.02. The van der Waals surface area contributed by atoms with Gasteiger partial charge in [-0.05, 0) is 24.3 Å². The van der Waals surface area contributed by atoms with Crippen molar-refractivity contribution in [1.29, 1.82) is 0 Å². The Morgan fingerprint density at radius 2 is 1.70 bits per heavy atom. The van der Waals surface area contributed by atoms with Gasteiger partial charge in [-0.3, -0.25) is 4.40 Å². The lowest BCUT2D eigenvalue weighted by Crippen LogP contribution is -2.04. The Hall–Kier alpha value is -2.01. The molecule has 0 fully saturated rings. The zero-order valence-corrected chi connectivity index (χ0v) is 10.8. The van der Waals surface area contributed by atoms with E-state index < -0.39 is 11.7 Å². The molecule has 1 aromatic carbocycles. The summed E-state index contributed by atoms with van der Waals surface area (Å²) in [5, 5.41) is 0.531. The zero-order valence-electron chi connectivity index (χ0n) is 10.0. The van der Waals surface area contributed by atoms with Crippen LogP contribution in [-0.4, -0.2) is 9.38 Å². The van der Waals surface area contributed by atoms with E-state index in [-0.39, 0.29) is 0 Å². The van der Waals surface area contributed by atoms with E-state index in [1.54, 1.807) is 28.9 Å². The summed E-state index contributed by atoms with van der Waals surface area (Å²) in [6, 6.07) is 8.41. The average Bonchev–Trinajstić information content (AvgIpc) is 2.81. The molecule has 2 heterocycles. The molecule has 0 aliphatic heterocycles. The van der Waals surface area contributed by atoms with Crippen LogP contribution in [-0.2, 0) is 6.18 Å². The summed E-state index contributed by atoms with van der Waals surface area (Å²) in [5.41, 5.74) is 0.740. The smallest absolute Gasteiger partial charge is 0.298 e. The van der Waals surface area contributed by atoms with Crippen molar-refractivity contribution in [2.24, 2.45) is 0 Å². The van der Waals surface area contributed by atoms with Crippen molar-refractivity contribution in [2.45, 2.75) is 6.18 Å². The molecular formula is C14H8ClF3N2. The standard InChI is InChI=1S/C14H8ClF3N2/c15-11-5-6-12-7-19-13(20(12)8-11)9-1-3-10(4-2-9)14(16,17)18/h1-8H. The number of pyridine rings is 1. The summed E-state index contributed by atoms with van der Waals surface area (Å²) in [6.45, 7) is 0. The summed E-state index contributed by atoms with van der Waals surface area (Å²) in [7, 11) is 0. The van der Waals surface area contributed by atoms with Gasteiger partial charge in [0.15, 0.2) is 0 Å². The van der Waals surface area contributed by atoms with E-state index >= 15 is 0 Å². The second-order valence-corrected chi connectivity index (χ2v) is 4.74. The molecule has 3 rings (SSSR count). The molecule has 0 aliphatic carbocycles. The van der Waals surface area contributed by atoms with Crippen LogP contribution in [0.1, 0.15) is 5.56 Å². The molecule has 3 aromatic rings. The number of benzene rings is 1. The number of fused-ring (bicyclic) bond motifs is 1. The third-order valence-electron chi connectivity index (χ3n) is 2.96. The Balaban J connectivity index is 2.09. The molecule has 0 bridgehead atoms. The van der Waals surface area contributed by atoms with Gasteiger partial charge < -0.3 is 0 Å². The average molecular weight is 297 g/mol. The van der Waals surface area contributed by atoms with Crippen LogP contribution in [0.2, 0.25) is 5.02 Å².